The van der Waals surface area contributed by atoms with Crippen molar-refractivity contribution in [2.75, 3.05) is 26.9 Å². The van der Waals surface area contributed by atoms with Crippen molar-refractivity contribution in [3.05, 3.63) is 11.6 Å². The third-order valence-corrected chi connectivity index (χ3v) is 20.8. The Labute approximate surface area is 437 Å². The van der Waals surface area contributed by atoms with Gasteiger partial charge in [-0.3, -0.25) is 4.79 Å². The first kappa shape index (κ1) is 57.6. The highest BCUT2D eigenvalue weighted by atomic mass is 16.8. The van der Waals surface area contributed by atoms with Gasteiger partial charge in [-0.25, -0.2) is 4.79 Å². The molecule has 4 heterocycles. The number of methoxy groups -OCH3 is 1. The standard InChI is InChI=1S/C53H84O22/c1-48(2)15-17-53(47(66)75-45-37(63)34(60)33(59)27(20-54)70-45)18-16-51(6)23(24(53)19-48)9-10-29-50(5)13-12-30(49(3,4)28(50)11-14-52(29,51)7)71-46-41(74-44-36(62)32(58)26(56)22-69-44)39(38(64)40(73-46)42(65)67-8)72-43-35(61)31(57)25(55)21-68-43/h9,24-41,43-46,54-64H,10-22H2,1-8H3/t24-,25+,26+,27+,28-,29+,30-,31+,32-,33+,34-,35-,36+,37+,38-,39-,40-,41+,43-,44-,45-,46+,50-,51+,52+,53-/m0/s1. The minimum Gasteiger partial charge on any atom is -0.467 e. The zero-order chi connectivity index (χ0) is 54.7. The monoisotopic (exact) mass is 1070 g/mol. The number of allylic oxidation sites excluding steroid dienone is 2. The molecule has 0 aromatic carbocycles. The minimum atomic E-state index is -1.90. The molecule has 4 saturated heterocycles. The lowest BCUT2D eigenvalue weighted by molar-refractivity contribution is -0.387. The zero-order valence-electron chi connectivity index (χ0n) is 44.4. The molecule has 4 saturated carbocycles. The van der Waals surface area contributed by atoms with E-state index in [0.29, 0.717) is 32.1 Å². The third-order valence-electron chi connectivity index (χ3n) is 20.8. The smallest absolute Gasteiger partial charge is 0.337 e. The first-order valence-electron chi connectivity index (χ1n) is 27.0. The van der Waals surface area contributed by atoms with E-state index in [1.54, 1.807) is 0 Å². The van der Waals surface area contributed by atoms with Gasteiger partial charge >= 0.3 is 11.9 Å². The van der Waals surface area contributed by atoms with Crippen molar-refractivity contribution in [1.29, 1.82) is 0 Å². The van der Waals surface area contributed by atoms with Crippen LogP contribution in [0.2, 0.25) is 0 Å². The van der Waals surface area contributed by atoms with Crippen molar-refractivity contribution >= 4 is 11.9 Å². The van der Waals surface area contributed by atoms with E-state index in [-0.39, 0.29) is 39.4 Å². The van der Waals surface area contributed by atoms with Gasteiger partial charge in [0.05, 0.1) is 38.4 Å². The summed E-state index contributed by atoms with van der Waals surface area (Å²) in [6.45, 7) is 14.3. The molecule has 4 aliphatic heterocycles. The SMILES string of the molecule is COC(=O)[C@H]1O[C@@H](O[C@H]2CC[C@]3(C)[C@H]4CC=C5[C@@H]6CC(C)(C)CC[C@]6(C(=O)O[C@@H]6O[C@H](CO)[C@@H](O)[C@H](O)[C@H]6O)CC[C@@]5(C)[C@]4(C)CC[C@H]3C2(C)C)[C@H](O[C@@H]2OC[C@@H](O)[C@H](O)[C@H]2O)[C@@H](O[C@@H]2OC[C@@H](O)[C@@H](O)[C@@H]2O)[C@@H]1O. The molecule has 11 N–H and O–H groups in total. The van der Waals surface area contributed by atoms with Crippen molar-refractivity contribution in [2.45, 2.75) is 229 Å². The number of rotatable bonds is 10. The molecule has 0 aromatic heterocycles. The Morgan fingerprint density at radius 1 is 0.627 bits per heavy atom. The molecule has 0 spiro atoms. The molecule has 26 atom stereocenters. The van der Waals surface area contributed by atoms with Crippen LogP contribution in [0.5, 0.6) is 0 Å². The maximum Gasteiger partial charge on any atom is 0.337 e. The van der Waals surface area contributed by atoms with Gasteiger partial charge in [-0.1, -0.05) is 60.1 Å². The van der Waals surface area contributed by atoms with Crippen LogP contribution in [0.3, 0.4) is 0 Å². The Balaban J connectivity index is 0.997. The first-order valence-corrected chi connectivity index (χ1v) is 27.0. The second-order valence-electron chi connectivity index (χ2n) is 25.6. The zero-order valence-corrected chi connectivity index (χ0v) is 44.4. The quantitative estimate of drug-likeness (QED) is 0.0741. The number of carbonyl (C=O) groups is 2. The molecule has 5 aliphatic carbocycles. The van der Waals surface area contributed by atoms with Crippen LogP contribution in [0.1, 0.15) is 113 Å². The molecule has 0 unspecified atom stereocenters. The lowest BCUT2D eigenvalue weighted by Gasteiger charge is -2.71. The van der Waals surface area contributed by atoms with Gasteiger partial charge in [0.1, 0.15) is 79.4 Å². The molecule has 9 rings (SSSR count). The Morgan fingerprint density at radius 3 is 1.84 bits per heavy atom. The number of fused-ring (bicyclic) bond motifs is 7. The van der Waals surface area contributed by atoms with Crippen LogP contribution in [0.15, 0.2) is 11.6 Å². The summed E-state index contributed by atoms with van der Waals surface area (Å²) < 4.78 is 53.6. The van der Waals surface area contributed by atoms with Crippen LogP contribution >= 0.6 is 0 Å². The van der Waals surface area contributed by atoms with E-state index < -0.39 is 159 Å². The van der Waals surface area contributed by atoms with Gasteiger partial charge in [0.2, 0.25) is 6.29 Å². The summed E-state index contributed by atoms with van der Waals surface area (Å²) in [6.07, 6.45) is -21.0. The molecule has 9 aliphatic rings. The molecule has 0 bridgehead atoms. The number of carbonyl (C=O) groups excluding carboxylic acids is 2. The highest BCUT2D eigenvalue weighted by Gasteiger charge is 2.70. The number of aliphatic hydroxyl groups is 11. The Morgan fingerprint density at radius 2 is 1.23 bits per heavy atom. The molecule has 428 valence electrons. The number of hydrogen-bond acceptors (Lipinski definition) is 22. The molecule has 75 heavy (non-hydrogen) atoms. The van der Waals surface area contributed by atoms with Gasteiger partial charge in [0.15, 0.2) is 25.0 Å². The average molecular weight is 1070 g/mol. The number of aliphatic hydroxyl groups excluding tert-OH is 11. The lowest BCUT2D eigenvalue weighted by Crippen LogP contribution is -2.68. The molecule has 8 fully saturated rings. The maximum atomic E-state index is 14.8. The fourth-order valence-electron chi connectivity index (χ4n) is 16.0. The highest BCUT2D eigenvalue weighted by molar-refractivity contribution is 5.79. The van der Waals surface area contributed by atoms with Crippen LogP contribution in [-0.4, -0.2) is 212 Å². The van der Waals surface area contributed by atoms with E-state index in [2.05, 4.69) is 54.5 Å². The predicted octanol–water partition coefficient (Wildman–Crippen LogP) is -0.576. The van der Waals surface area contributed by atoms with E-state index >= 15 is 0 Å². The molecule has 22 heteroatoms. The summed E-state index contributed by atoms with van der Waals surface area (Å²) in [5, 5.41) is 117. The van der Waals surface area contributed by atoms with Crippen LogP contribution < -0.4 is 0 Å². The molecule has 0 radical (unpaired) electrons. The minimum absolute atomic E-state index is 0.0565. The van der Waals surface area contributed by atoms with E-state index in [4.69, 9.17) is 42.6 Å². The fraction of sp³-hybridized carbons (Fsp3) is 0.925. The van der Waals surface area contributed by atoms with Crippen LogP contribution in [-0.2, 0) is 52.2 Å². The van der Waals surface area contributed by atoms with Crippen LogP contribution in [0.4, 0.5) is 0 Å². The Hall–Kier alpha value is -2.04. The van der Waals surface area contributed by atoms with Crippen molar-refractivity contribution in [3.63, 3.8) is 0 Å². The van der Waals surface area contributed by atoms with Gasteiger partial charge in [-0.05, 0) is 109 Å². The highest BCUT2D eigenvalue weighted by Crippen LogP contribution is 2.76. The predicted molar refractivity (Wildman–Crippen MR) is 256 cm³/mol. The first-order chi connectivity index (χ1) is 35.1. The molecular weight excluding hydrogens is 989 g/mol. The van der Waals surface area contributed by atoms with Gasteiger partial charge in [-0.15, -0.1) is 0 Å². The number of hydrogen-bond donors (Lipinski definition) is 11. The second kappa shape index (κ2) is 20.8. The topological polar surface area (TPSA) is 340 Å². The van der Waals surface area contributed by atoms with Gasteiger partial charge in [0, 0.05) is 0 Å². The van der Waals surface area contributed by atoms with Crippen molar-refractivity contribution in [2.24, 2.45) is 50.2 Å². The van der Waals surface area contributed by atoms with Gasteiger partial charge < -0.3 is 98.8 Å². The molecule has 0 amide bonds. The Kier molecular flexibility index (Phi) is 16.0. The van der Waals surface area contributed by atoms with Crippen molar-refractivity contribution in [1.82, 2.24) is 0 Å². The van der Waals surface area contributed by atoms with Crippen molar-refractivity contribution < 1.29 is 108 Å². The second-order valence-corrected chi connectivity index (χ2v) is 25.6. The summed E-state index contributed by atoms with van der Waals surface area (Å²) in [7, 11) is 1.10. The lowest BCUT2D eigenvalue weighted by atomic mass is 9.33. The summed E-state index contributed by atoms with van der Waals surface area (Å²) in [5.41, 5.74) is -1.20. The third kappa shape index (κ3) is 9.46. The van der Waals surface area contributed by atoms with Crippen molar-refractivity contribution in [3.8, 4) is 0 Å². The van der Waals surface area contributed by atoms with E-state index in [0.717, 1.165) is 39.2 Å². The van der Waals surface area contributed by atoms with E-state index in [1.807, 2.05) is 0 Å². The largest absolute Gasteiger partial charge is 0.467 e. The van der Waals surface area contributed by atoms with E-state index in [9.17, 15) is 65.8 Å². The summed E-state index contributed by atoms with van der Waals surface area (Å²) in [4.78, 5) is 28.2. The molecule has 0 aromatic rings. The number of esters is 2. The molecule has 22 nitrogen and oxygen atoms in total. The van der Waals surface area contributed by atoms with Crippen LogP contribution in [0.25, 0.3) is 0 Å². The van der Waals surface area contributed by atoms with Gasteiger partial charge in [0.25, 0.3) is 0 Å². The summed E-state index contributed by atoms with van der Waals surface area (Å²) >= 11 is 0. The number of ether oxygens (including phenoxy) is 9. The van der Waals surface area contributed by atoms with Gasteiger partial charge in [-0.2, -0.15) is 0 Å². The maximum absolute atomic E-state index is 14.8. The Bertz CT molecular complexity index is 2110. The molecular formula is C53H84O22. The normalized spacial score (nSPS) is 52.4. The fourth-order valence-corrected chi connectivity index (χ4v) is 16.0. The van der Waals surface area contributed by atoms with Crippen LogP contribution in [0, 0.1) is 50.2 Å². The van der Waals surface area contributed by atoms with E-state index in [1.165, 1.54) is 5.57 Å². The summed E-state index contributed by atoms with van der Waals surface area (Å²) in [5.74, 6) is -1.47. The average Bonchev–Trinajstić information content (AvgIpc) is 3.36. The summed E-state index contributed by atoms with van der Waals surface area (Å²) in [6, 6.07) is 0.